The van der Waals surface area contributed by atoms with Crippen molar-refractivity contribution >= 4 is 5.91 Å². The highest BCUT2D eigenvalue weighted by molar-refractivity contribution is 5.89. The molecule has 1 aliphatic heterocycles. The van der Waals surface area contributed by atoms with Crippen molar-refractivity contribution in [3.05, 3.63) is 0 Å². The summed E-state index contributed by atoms with van der Waals surface area (Å²) in [7, 11) is 0. The maximum atomic E-state index is 12.5. The third kappa shape index (κ3) is 2.23. The zero-order valence-corrected chi connectivity index (χ0v) is 12.6. The maximum absolute atomic E-state index is 12.5. The molecule has 0 radical (unpaired) electrons. The molecule has 2 rings (SSSR count). The minimum atomic E-state index is -0.801. The van der Waals surface area contributed by atoms with Crippen molar-refractivity contribution in [2.24, 2.45) is 17.1 Å². The summed E-state index contributed by atoms with van der Waals surface area (Å²) in [5.41, 5.74) is 5.39. The van der Waals surface area contributed by atoms with Crippen molar-refractivity contribution in [2.75, 3.05) is 13.2 Å². The van der Waals surface area contributed by atoms with Gasteiger partial charge in [0.15, 0.2) is 0 Å². The molecule has 1 amide bonds. The van der Waals surface area contributed by atoms with Crippen molar-refractivity contribution in [1.82, 2.24) is 5.32 Å². The molecule has 0 spiro atoms. The molecule has 3 atom stereocenters. The minimum Gasteiger partial charge on any atom is -0.377 e. The number of hydrogen-bond donors (Lipinski definition) is 2. The summed E-state index contributed by atoms with van der Waals surface area (Å²) in [5, 5.41) is 2.98. The van der Waals surface area contributed by atoms with Crippen molar-refractivity contribution in [3.63, 3.8) is 0 Å². The molecule has 1 saturated carbocycles. The van der Waals surface area contributed by atoms with E-state index in [1.807, 2.05) is 13.8 Å². The topological polar surface area (TPSA) is 64.4 Å². The van der Waals surface area contributed by atoms with Gasteiger partial charge in [-0.1, -0.05) is 13.8 Å². The Bertz CT molecular complexity index is 413. The van der Waals surface area contributed by atoms with Crippen molar-refractivity contribution in [2.45, 2.75) is 57.6 Å². The largest absolute Gasteiger partial charge is 0.377 e. The van der Waals surface area contributed by atoms with Crippen LogP contribution in [0.15, 0.2) is 0 Å². The van der Waals surface area contributed by atoms with Crippen LogP contribution in [0.5, 0.6) is 0 Å². The molecular weight excluding hydrogens is 252 g/mol. The number of unbranched alkanes of at least 4 members (excludes halogenated alkanes) is 2. The monoisotopic (exact) mass is 278 g/mol. The highest BCUT2D eigenvalue weighted by atomic mass is 16.5. The van der Waals surface area contributed by atoms with Crippen LogP contribution in [-0.4, -0.2) is 30.7 Å². The van der Waals surface area contributed by atoms with Gasteiger partial charge in [0.1, 0.15) is 5.54 Å². The Labute approximate surface area is 121 Å². The Kier molecular flexibility index (Phi) is 4.41. The van der Waals surface area contributed by atoms with Crippen LogP contribution in [0.3, 0.4) is 0 Å². The lowest BCUT2D eigenvalue weighted by Gasteiger charge is -2.65. The molecule has 2 fully saturated rings. The second-order valence-corrected chi connectivity index (χ2v) is 6.55. The molecule has 3 N–H and O–H groups in total. The second kappa shape index (κ2) is 5.75. The molecule has 20 heavy (non-hydrogen) atoms. The summed E-state index contributed by atoms with van der Waals surface area (Å²) in [6, 6.07) is 0. The number of fused-ring (bicyclic) bond motifs is 1. The molecule has 4 nitrogen and oxygen atoms in total. The molecule has 1 aliphatic carbocycles. The molecule has 4 heteroatoms. The predicted molar refractivity (Wildman–Crippen MR) is 78.9 cm³/mol. The van der Waals surface area contributed by atoms with Crippen molar-refractivity contribution in [1.29, 1.82) is 0 Å². The summed E-state index contributed by atoms with van der Waals surface area (Å²) < 4.78 is 5.81. The van der Waals surface area contributed by atoms with E-state index in [1.165, 1.54) is 0 Å². The van der Waals surface area contributed by atoms with Crippen molar-refractivity contribution < 1.29 is 9.53 Å². The van der Waals surface area contributed by atoms with Gasteiger partial charge in [-0.25, -0.2) is 0 Å². The number of amides is 1. The molecular formula is C16H26N2O2. The van der Waals surface area contributed by atoms with Crippen LogP contribution < -0.4 is 11.1 Å². The van der Waals surface area contributed by atoms with Crippen LogP contribution in [0, 0.1) is 23.7 Å². The quantitative estimate of drug-likeness (QED) is 0.591. The number of carbonyl (C=O) groups excluding carboxylic acids is 1. The van der Waals surface area contributed by atoms with Crippen LogP contribution in [0.2, 0.25) is 0 Å². The maximum Gasteiger partial charge on any atom is 0.241 e. The first-order chi connectivity index (χ1) is 9.46. The highest BCUT2D eigenvalue weighted by Gasteiger charge is 2.70. The summed E-state index contributed by atoms with van der Waals surface area (Å²) in [4.78, 5) is 12.5. The van der Waals surface area contributed by atoms with Gasteiger partial charge in [-0.2, -0.15) is 0 Å². The smallest absolute Gasteiger partial charge is 0.241 e. The summed E-state index contributed by atoms with van der Waals surface area (Å²) in [6.45, 7) is 5.51. The van der Waals surface area contributed by atoms with Gasteiger partial charge in [0.2, 0.25) is 5.91 Å². The van der Waals surface area contributed by atoms with Gasteiger partial charge < -0.3 is 15.8 Å². The zero-order valence-electron chi connectivity index (χ0n) is 12.6. The van der Waals surface area contributed by atoms with E-state index in [2.05, 4.69) is 11.2 Å². The van der Waals surface area contributed by atoms with E-state index < -0.39 is 5.54 Å². The Morgan fingerprint density at radius 3 is 2.95 bits per heavy atom. The lowest BCUT2D eigenvalue weighted by molar-refractivity contribution is -0.225. The predicted octanol–water partition coefficient (Wildman–Crippen LogP) is 1.44. The standard InChI is InChI=1S/C16H26N2O2/c1-4-5-6-7-10-18-14(19)16(17)12-9-8-11-20-13(12)15(16,2)3/h1,12-13H,5-11,17H2,2-3H3,(H,18,19). The van der Waals surface area contributed by atoms with E-state index in [1.54, 1.807) is 0 Å². The van der Waals surface area contributed by atoms with Crippen LogP contribution in [0.25, 0.3) is 0 Å². The van der Waals surface area contributed by atoms with Crippen LogP contribution in [0.1, 0.15) is 46.0 Å². The Hall–Kier alpha value is -1.05. The first kappa shape index (κ1) is 15.3. The molecule has 3 unspecified atom stereocenters. The first-order valence-electron chi connectivity index (χ1n) is 7.58. The minimum absolute atomic E-state index is 0.0324. The van der Waals surface area contributed by atoms with Gasteiger partial charge in [-0.05, 0) is 25.7 Å². The molecule has 1 heterocycles. The highest BCUT2D eigenvalue weighted by Crippen LogP contribution is 2.57. The van der Waals surface area contributed by atoms with E-state index in [0.29, 0.717) is 6.54 Å². The Morgan fingerprint density at radius 2 is 2.25 bits per heavy atom. The molecule has 0 bridgehead atoms. The molecule has 2 aliphatic rings. The van der Waals surface area contributed by atoms with E-state index in [0.717, 1.165) is 38.7 Å². The SMILES string of the molecule is C#CCCCCNC(=O)C1(N)C2CCCOC2C1(C)C. The fourth-order valence-electron chi connectivity index (χ4n) is 3.74. The van der Waals surface area contributed by atoms with Gasteiger partial charge in [0.05, 0.1) is 6.10 Å². The van der Waals surface area contributed by atoms with Gasteiger partial charge in [0, 0.05) is 30.9 Å². The number of rotatable bonds is 5. The fourth-order valence-corrected chi connectivity index (χ4v) is 3.74. The lowest BCUT2D eigenvalue weighted by atomic mass is 9.46. The van der Waals surface area contributed by atoms with Crippen LogP contribution in [0.4, 0.5) is 0 Å². The number of carbonyl (C=O) groups is 1. The van der Waals surface area contributed by atoms with Crippen LogP contribution >= 0.6 is 0 Å². The average Bonchev–Trinajstić information content (AvgIpc) is 2.45. The molecule has 1 saturated heterocycles. The first-order valence-corrected chi connectivity index (χ1v) is 7.58. The molecule has 112 valence electrons. The molecule has 0 aromatic carbocycles. The molecule has 0 aromatic rings. The van der Waals surface area contributed by atoms with E-state index in [-0.39, 0.29) is 23.3 Å². The second-order valence-electron chi connectivity index (χ2n) is 6.55. The van der Waals surface area contributed by atoms with E-state index >= 15 is 0 Å². The fraction of sp³-hybridized carbons (Fsp3) is 0.812. The van der Waals surface area contributed by atoms with Gasteiger partial charge in [-0.15, -0.1) is 12.3 Å². The number of nitrogens with one attached hydrogen (secondary N) is 1. The molecule has 0 aromatic heterocycles. The van der Waals surface area contributed by atoms with Gasteiger partial charge in [-0.3, -0.25) is 4.79 Å². The third-order valence-corrected chi connectivity index (χ3v) is 5.09. The number of terminal acetylenes is 1. The summed E-state index contributed by atoms with van der Waals surface area (Å²) in [5.74, 6) is 2.72. The van der Waals surface area contributed by atoms with Crippen molar-refractivity contribution in [3.8, 4) is 12.3 Å². The zero-order chi connectivity index (χ0) is 14.8. The van der Waals surface area contributed by atoms with Gasteiger partial charge >= 0.3 is 0 Å². The Balaban J connectivity index is 1.92. The lowest BCUT2D eigenvalue weighted by Crippen LogP contribution is -2.82. The third-order valence-electron chi connectivity index (χ3n) is 5.09. The normalized spacial score (nSPS) is 34.5. The Morgan fingerprint density at radius 1 is 1.50 bits per heavy atom. The van der Waals surface area contributed by atoms with E-state index in [4.69, 9.17) is 16.9 Å². The summed E-state index contributed by atoms with van der Waals surface area (Å²) >= 11 is 0. The number of nitrogens with two attached hydrogens (primary N) is 1. The van der Waals surface area contributed by atoms with Gasteiger partial charge in [0.25, 0.3) is 0 Å². The number of hydrogen-bond acceptors (Lipinski definition) is 3. The summed E-state index contributed by atoms with van der Waals surface area (Å²) in [6.07, 6.45) is 9.89. The van der Waals surface area contributed by atoms with E-state index in [9.17, 15) is 4.79 Å². The number of ether oxygens (including phenoxy) is 1. The van der Waals surface area contributed by atoms with Crippen LogP contribution in [-0.2, 0) is 9.53 Å². The average molecular weight is 278 g/mol.